The Hall–Kier alpha value is -0.540. The van der Waals surface area contributed by atoms with Gasteiger partial charge in [-0.05, 0) is 0 Å². The van der Waals surface area contributed by atoms with Gasteiger partial charge >= 0.3 is 6.18 Å². The minimum Gasteiger partial charge on any atom is -0.181 e. The van der Waals surface area contributed by atoms with E-state index in [2.05, 4.69) is 5.10 Å². The summed E-state index contributed by atoms with van der Waals surface area (Å²) in [6.07, 6.45) is -4.68. The maximum absolute atomic E-state index is 11.9. The summed E-state index contributed by atoms with van der Waals surface area (Å²) >= 11 is 5.03. The molecule has 1 aromatic rings. The van der Waals surface area contributed by atoms with Gasteiger partial charge in [0.1, 0.15) is 0 Å². The molecule has 1 heterocycles. The molecular formula is C3ClF3N2O2S2. The van der Waals surface area contributed by atoms with Crippen molar-refractivity contribution in [2.75, 3.05) is 0 Å². The molecule has 0 saturated carbocycles. The summed E-state index contributed by atoms with van der Waals surface area (Å²) in [5.74, 6) is 0. The molecule has 0 saturated heterocycles. The molecule has 0 aliphatic rings. The topological polar surface area (TPSA) is 52.0 Å². The van der Waals surface area contributed by atoms with Crippen molar-refractivity contribution >= 4 is 33.4 Å². The van der Waals surface area contributed by atoms with Crippen molar-refractivity contribution < 1.29 is 21.6 Å². The Morgan fingerprint density at radius 1 is 1.46 bits per heavy atom. The predicted molar refractivity (Wildman–Crippen MR) is 38.5 cm³/mol. The van der Waals surface area contributed by atoms with Crippen LogP contribution in [0, 0.1) is 3.95 Å². The summed E-state index contributed by atoms with van der Waals surface area (Å²) in [5, 5.41) is 1.48. The normalized spacial score (nSPS) is 11.7. The Kier molecular flexibility index (Phi) is 2.68. The predicted octanol–water partition coefficient (Wildman–Crippen LogP) is 1.38. The molecule has 0 spiro atoms. The molecule has 0 atom stereocenters. The first-order chi connectivity index (χ1) is 5.82. The molecule has 13 heavy (non-hydrogen) atoms. The zero-order valence-corrected chi connectivity index (χ0v) is 7.93. The average Bonchev–Trinajstić information content (AvgIpc) is 2.29. The summed E-state index contributed by atoms with van der Waals surface area (Å²) in [6, 6.07) is 0. The van der Waals surface area contributed by atoms with Crippen molar-refractivity contribution in [3.05, 3.63) is 8.96 Å². The van der Waals surface area contributed by atoms with Gasteiger partial charge in [-0.15, -0.1) is 9.30 Å². The van der Waals surface area contributed by atoms with Crippen LogP contribution in [0.3, 0.4) is 0 Å². The molecule has 0 aliphatic carbocycles. The Balaban J connectivity index is 3.53. The van der Waals surface area contributed by atoms with E-state index in [1.165, 1.54) is 0 Å². The lowest BCUT2D eigenvalue weighted by Crippen LogP contribution is -2.04. The lowest BCUT2D eigenvalue weighted by molar-refractivity contribution is -0.138. The molecule has 0 N–H and O–H groups in total. The minimum atomic E-state index is -4.68. The minimum absolute atomic E-state index is 0.0432. The lowest BCUT2D eigenvalue weighted by atomic mass is 10.7. The monoisotopic (exact) mass is 252 g/mol. The fourth-order valence-corrected chi connectivity index (χ4v) is 2.06. The molecule has 0 unspecified atom stereocenters. The Labute approximate surface area is 79.8 Å². The van der Waals surface area contributed by atoms with Crippen LogP contribution in [0.15, 0.2) is 0 Å². The summed E-state index contributed by atoms with van der Waals surface area (Å²) in [4.78, 5) is 0. The maximum atomic E-state index is 11.9. The van der Waals surface area contributed by atoms with Crippen LogP contribution in [0.1, 0.15) is 5.01 Å². The second-order valence-electron chi connectivity index (χ2n) is 1.77. The Morgan fingerprint density at radius 3 is 2.23 bits per heavy atom. The Morgan fingerprint density at radius 2 is 2.00 bits per heavy atom. The second-order valence-corrected chi connectivity index (χ2v) is 4.18. The summed E-state index contributed by atoms with van der Waals surface area (Å²) in [6.45, 7) is 0. The fourth-order valence-electron chi connectivity index (χ4n) is 0.471. The van der Waals surface area contributed by atoms with Gasteiger partial charge in [-0.3, -0.25) is 0 Å². The number of rotatable bonds is 0. The molecule has 1 rings (SSSR count). The van der Waals surface area contributed by atoms with Crippen LogP contribution in [0.5, 0.6) is 0 Å². The molecule has 1 aromatic heterocycles. The van der Waals surface area contributed by atoms with Crippen LogP contribution >= 0.6 is 23.1 Å². The smallest absolute Gasteiger partial charge is 0.181 e. The van der Waals surface area contributed by atoms with E-state index >= 15 is 0 Å². The van der Waals surface area contributed by atoms with Crippen molar-refractivity contribution in [3.8, 4) is 0 Å². The van der Waals surface area contributed by atoms with E-state index in [1.807, 2.05) is 0 Å². The number of alkyl halides is 3. The number of nitrogens with zero attached hydrogens (tertiary/aromatic N) is 2. The maximum Gasteiger partial charge on any atom is 0.445 e. The third-order valence-corrected chi connectivity index (χ3v) is 3.31. The van der Waals surface area contributed by atoms with Gasteiger partial charge in [0, 0.05) is 11.8 Å². The SMILES string of the molecule is O=S(=O)=c1sc(C(F)(F)F)nn1Cl. The quantitative estimate of drug-likeness (QED) is 0.656. The number of hydrogen-bond donors (Lipinski definition) is 0. The van der Waals surface area contributed by atoms with E-state index in [9.17, 15) is 21.6 Å². The molecule has 74 valence electrons. The third-order valence-electron chi connectivity index (χ3n) is 0.898. The van der Waals surface area contributed by atoms with Crippen LogP contribution in [0.25, 0.3) is 0 Å². The van der Waals surface area contributed by atoms with Crippen LogP contribution in [0.4, 0.5) is 13.2 Å². The van der Waals surface area contributed by atoms with E-state index in [1.54, 1.807) is 0 Å². The lowest BCUT2D eigenvalue weighted by Gasteiger charge is -1.97. The zero-order valence-electron chi connectivity index (χ0n) is 5.54. The summed E-state index contributed by atoms with van der Waals surface area (Å²) in [5.41, 5.74) is 0. The third kappa shape index (κ3) is 2.23. The highest BCUT2D eigenvalue weighted by atomic mass is 35.5. The highest BCUT2D eigenvalue weighted by molar-refractivity contribution is 7.66. The Bertz CT molecular complexity index is 475. The number of hydrogen-bond acceptors (Lipinski definition) is 4. The zero-order chi connectivity index (χ0) is 10.2. The van der Waals surface area contributed by atoms with E-state index in [0.29, 0.717) is 0 Å². The molecule has 0 bridgehead atoms. The van der Waals surface area contributed by atoms with Gasteiger partial charge in [0.15, 0.2) is 0 Å². The van der Waals surface area contributed by atoms with Gasteiger partial charge in [-0.2, -0.15) is 21.6 Å². The van der Waals surface area contributed by atoms with E-state index < -0.39 is 25.4 Å². The van der Waals surface area contributed by atoms with Crippen molar-refractivity contribution in [2.45, 2.75) is 6.18 Å². The molecule has 10 heteroatoms. The molecule has 0 fully saturated rings. The molecule has 0 aliphatic heterocycles. The van der Waals surface area contributed by atoms with Crippen LogP contribution in [-0.4, -0.2) is 17.7 Å². The highest BCUT2D eigenvalue weighted by Gasteiger charge is 2.35. The number of halogens is 4. The fraction of sp³-hybridized carbons (Fsp3) is 0.333. The first kappa shape index (κ1) is 10.5. The molecule has 0 radical (unpaired) electrons. The molecule has 0 aromatic carbocycles. The number of aromatic nitrogens is 2. The van der Waals surface area contributed by atoms with Gasteiger partial charge in [0.05, 0.1) is 0 Å². The highest BCUT2D eigenvalue weighted by Crippen LogP contribution is 2.31. The second kappa shape index (κ2) is 3.31. The van der Waals surface area contributed by atoms with Gasteiger partial charge < -0.3 is 0 Å². The van der Waals surface area contributed by atoms with Crippen LogP contribution in [-0.2, 0) is 16.5 Å². The van der Waals surface area contributed by atoms with Crippen molar-refractivity contribution in [1.82, 2.24) is 9.30 Å². The van der Waals surface area contributed by atoms with Gasteiger partial charge in [-0.1, -0.05) is 11.3 Å². The van der Waals surface area contributed by atoms with Crippen LogP contribution in [0.2, 0.25) is 0 Å². The average molecular weight is 253 g/mol. The van der Waals surface area contributed by atoms with Crippen molar-refractivity contribution in [2.24, 2.45) is 0 Å². The van der Waals surface area contributed by atoms with Crippen LogP contribution < -0.4 is 0 Å². The first-order valence-corrected chi connectivity index (χ1v) is 4.81. The van der Waals surface area contributed by atoms with Crippen molar-refractivity contribution in [1.29, 1.82) is 0 Å². The molecule has 4 nitrogen and oxygen atoms in total. The van der Waals surface area contributed by atoms with Gasteiger partial charge in [-0.25, -0.2) is 0 Å². The van der Waals surface area contributed by atoms with Gasteiger partial charge in [0.25, 0.3) is 14.2 Å². The van der Waals surface area contributed by atoms with Crippen molar-refractivity contribution in [3.63, 3.8) is 0 Å². The molecular weight excluding hydrogens is 253 g/mol. The largest absolute Gasteiger partial charge is 0.445 e. The standard InChI is InChI=1S/C3ClF3N2O2S2/c4-9-2(13(10)11)12-1(8-9)3(5,6)7. The summed E-state index contributed by atoms with van der Waals surface area (Å²) < 4.78 is 55.7. The molecule has 0 amide bonds. The van der Waals surface area contributed by atoms with E-state index in [-0.39, 0.29) is 15.5 Å². The van der Waals surface area contributed by atoms with E-state index in [4.69, 9.17) is 11.8 Å². The first-order valence-electron chi connectivity index (χ1n) is 2.58. The summed E-state index contributed by atoms with van der Waals surface area (Å²) in [7, 11) is -2.82. The van der Waals surface area contributed by atoms with Gasteiger partial charge in [0.2, 0.25) is 5.01 Å². The van der Waals surface area contributed by atoms with E-state index in [0.717, 1.165) is 0 Å².